The fourth-order valence-corrected chi connectivity index (χ4v) is 3.96. The van der Waals surface area contributed by atoms with Crippen molar-refractivity contribution in [1.82, 2.24) is 15.5 Å². The Hall–Kier alpha value is -2.84. The number of anilines is 1. The molecule has 7 nitrogen and oxygen atoms in total. The van der Waals surface area contributed by atoms with Gasteiger partial charge in [-0.2, -0.15) is 4.98 Å². The number of hydrogen-bond donors (Lipinski definition) is 2. The van der Waals surface area contributed by atoms with Crippen LogP contribution >= 0.6 is 23.4 Å². The summed E-state index contributed by atoms with van der Waals surface area (Å²) in [6.45, 7) is 0.125. The zero-order chi connectivity index (χ0) is 19.5. The van der Waals surface area contributed by atoms with Gasteiger partial charge < -0.3 is 15.2 Å². The third kappa shape index (κ3) is 4.18. The van der Waals surface area contributed by atoms with Crippen molar-refractivity contribution in [1.29, 1.82) is 0 Å². The number of benzene rings is 2. The summed E-state index contributed by atoms with van der Waals surface area (Å²) in [4.78, 5) is 29.6. The van der Waals surface area contributed by atoms with Crippen LogP contribution in [0.5, 0.6) is 0 Å². The molecule has 0 saturated carbocycles. The van der Waals surface area contributed by atoms with Crippen LogP contribution in [-0.4, -0.2) is 27.2 Å². The molecular weight excluding hydrogens is 400 g/mol. The summed E-state index contributed by atoms with van der Waals surface area (Å²) in [5.41, 5.74) is 1.47. The minimum atomic E-state index is -0.515. The van der Waals surface area contributed by atoms with E-state index >= 15 is 0 Å². The van der Waals surface area contributed by atoms with Crippen molar-refractivity contribution in [2.75, 3.05) is 5.32 Å². The van der Waals surface area contributed by atoms with Crippen LogP contribution in [0.15, 0.2) is 57.9 Å². The maximum atomic E-state index is 12.3. The monoisotopic (exact) mass is 414 g/mol. The summed E-state index contributed by atoms with van der Waals surface area (Å²) in [7, 11) is 0. The molecule has 0 radical (unpaired) electrons. The molecule has 0 unspecified atom stereocenters. The van der Waals surface area contributed by atoms with E-state index in [2.05, 4.69) is 20.8 Å². The second-order valence-electron chi connectivity index (χ2n) is 6.10. The summed E-state index contributed by atoms with van der Waals surface area (Å²) in [6.07, 6.45) is 0.0436. The van der Waals surface area contributed by atoms with E-state index in [1.165, 1.54) is 11.8 Å². The van der Waals surface area contributed by atoms with Gasteiger partial charge in [0.1, 0.15) is 0 Å². The zero-order valence-electron chi connectivity index (χ0n) is 14.5. The number of aromatic nitrogens is 2. The van der Waals surface area contributed by atoms with Gasteiger partial charge >= 0.3 is 0 Å². The van der Waals surface area contributed by atoms with Crippen LogP contribution in [0.25, 0.3) is 11.5 Å². The van der Waals surface area contributed by atoms with Gasteiger partial charge in [0.15, 0.2) is 5.82 Å². The molecule has 1 aliphatic rings. The number of carbonyl (C=O) groups is 2. The van der Waals surface area contributed by atoms with Crippen molar-refractivity contribution >= 4 is 40.9 Å². The first kappa shape index (κ1) is 18.5. The molecule has 2 aromatic carbocycles. The number of carbonyl (C=O) groups excluding carboxylic acids is 2. The van der Waals surface area contributed by atoms with E-state index in [0.717, 1.165) is 10.5 Å². The lowest BCUT2D eigenvalue weighted by atomic mass is 10.2. The predicted octanol–water partition coefficient (Wildman–Crippen LogP) is 3.51. The topological polar surface area (TPSA) is 97.1 Å². The molecule has 0 saturated heterocycles. The lowest BCUT2D eigenvalue weighted by Gasteiger charge is -2.23. The number of rotatable bonds is 5. The van der Waals surface area contributed by atoms with E-state index in [1.807, 2.05) is 36.4 Å². The molecule has 0 fully saturated rings. The number of amides is 2. The minimum absolute atomic E-state index is 0.0436. The summed E-state index contributed by atoms with van der Waals surface area (Å²) >= 11 is 7.29. The Bertz CT molecular complexity index is 1030. The molecule has 0 aliphatic carbocycles. The van der Waals surface area contributed by atoms with Crippen molar-refractivity contribution in [2.24, 2.45) is 0 Å². The molecule has 1 atom stereocenters. The smallest absolute Gasteiger partial charge is 0.257 e. The Kier molecular flexibility index (Phi) is 5.31. The summed E-state index contributed by atoms with van der Waals surface area (Å²) in [5.74, 6) is 0.271. The largest absolute Gasteiger partial charge is 0.349 e. The molecule has 142 valence electrons. The van der Waals surface area contributed by atoms with Crippen molar-refractivity contribution in [3.8, 4) is 11.5 Å². The van der Waals surface area contributed by atoms with Crippen LogP contribution in [0.1, 0.15) is 12.2 Å². The van der Waals surface area contributed by atoms with Gasteiger partial charge in [0.2, 0.25) is 11.8 Å². The predicted molar refractivity (Wildman–Crippen MR) is 106 cm³/mol. The molecule has 28 heavy (non-hydrogen) atoms. The molecule has 9 heteroatoms. The van der Waals surface area contributed by atoms with Crippen LogP contribution in [-0.2, 0) is 16.1 Å². The van der Waals surface area contributed by atoms with Gasteiger partial charge in [-0.05, 0) is 30.3 Å². The Labute approximate surface area is 169 Å². The molecule has 2 heterocycles. The number of thioether (sulfide) groups is 1. The van der Waals surface area contributed by atoms with Crippen LogP contribution in [0, 0.1) is 0 Å². The van der Waals surface area contributed by atoms with E-state index in [1.54, 1.807) is 12.1 Å². The first-order valence-corrected chi connectivity index (χ1v) is 9.76. The Morgan fingerprint density at radius 3 is 2.89 bits per heavy atom. The summed E-state index contributed by atoms with van der Waals surface area (Å²) < 4.78 is 5.21. The van der Waals surface area contributed by atoms with Gasteiger partial charge in [-0.15, -0.1) is 11.8 Å². The summed E-state index contributed by atoms with van der Waals surface area (Å²) in [5, 5.41) is 9.41. The molecule has 4 rings (SSSR count). The highest BCUT2D eigenvalue weighted by atomic mass is 35.5. The molecular formula is C19H15ClN4O3S. The summed E-state index contributed by atoms with van der Waals surface area (Å²) in [6, 6.07) is 14.6. The SMILES string of the molecule is O=C(C[C@H]1Sc2ccc(Cl)cc2NC1=O)NCc1noc(-c2ccccc2)n1. The van der Waals surface area contributed by atoms with Crippen LogP contribution in [0.2, 0.25) is 5.02 Å². The number of halogens is 1. The second kappa shape index (κ2) is 8.04. The molecule has 2 amide bonds. The Balaban J connectivity index is 1.33. The van der Waals surface area contributed by atoms with E-state index in [4.69, 9.17) is 16.1 Å². The van der Waals surface area contributed by atoms with Gasteiger partial charge in [-0.1, -0.05) is 35.0 Å². The van der Waals surface area contributed by atoms with Crippen LogP contribution in [0.4, 0.5) is 5.69 Å². The number of nitrogens with zero attached hydrogens (tertiary/aromatic N) is 2. The van der Waals surface area contributed by atoms with E-state index in [9.17, 15) is 9.59 Å². The van der Waals surface area contributed by atoms with E-state index in [0.29, 0.717) is 22.4 Å². The van der Waals surface area contributed by atoms with Gasteiger partial charge in [0, 0.05) is 21.9 Å². The third-order valence-electron chi connectivity index (χ3n) is 4.06. The van der Waals surface area contributed by atoms with Crippen LogP contribution < -0.4 is 10.6 Å². The number of fused-ring (bicyclic) bond motifs is 1. The van der Waals surface area contributed by atoms with Gasteiger partial charge in [-0.3, -0.25) is 9.59 Å². The van der Waals surface area contributed by atoms with E-state index in [-0.39, 0.29) is 24.8 Å². The quantitative estimate of drug-likeness (QED) is 0.663. The lowest BCUT2D eigenvalue weighted by Crippen LogP contribution is -2.34. The van der Waals surface area contributed by atoms with Crippen molar-refractivity contribution in [3.05, 3.63) is 59.4 Å². The van der Waals surface area contributed by atoms with Gasteiger partial charge in [0.05, 0.1) is 17.5 Å². The molecule has 1 aromatic heterocycles. The first-order valence-electron chi connectivity index (χ1n) is 8.50. The maximum Gasteiger partial charge on any atom is 0.257 e. The average Bonchev–Trinajstić information content (AvgIpc) is 3.17. The first-order chi connectivity index (χ1) is 13.6. The van der Waals surface area contributed by atoms with Crippen molar-refractivity contribution < 1.29 is 14.1 Å². The highest BCUT2D eigenvalue weighted by Gasteiger charge is 2.29. The maximum absolute atomic E-state index is 12.3. The Morgan fingerprint density at radius 2 is 2.07 bits per heavy atom. The minimum Gasteiger partial charge on any atom is -0.349 e. The normalized spacial score (nSPS) is 15.6. The lowest BCUT2D eigenvalue weighted by molar-refractivity contribution is -0.124. The molecule has 0 spiro atoms. The third-order valence-corrected chi connectivity index (χ3v) is 5.57. The highest BCUT2D eigenvalue weighted by molar-refractivity contribution is 8.01. The van der Waals surface area contributed by atoms with Crippen molar-refractivity contribution in [3.63, 3.8) is 0 Å². The Morgan fingerprint density at radius 1 is 1.25 bits per heavy atom. The number of nitrogens with one attached hydrogen (secondary N) is 2. The standard InChI is InChI=1S/C19H15ClN4O3S/c20-12-6-7-14-13(8-12)22-18(26)15(28-14)9-17(25)21-10-16-23-19(27-24-16)11-4-2-1-3-5-11/h1-8,15H,9-10H2,(H,21,25)(H,22,26)/t15-/m1/s1. The van der Waals surface area contributed by atoms with Gasteiger partial charge in [0.25, 0.3) is 5.89 Å². The van der Waals surface area contributed by atoms with E-state index < -0.39 is 5.25 Å². The molecule has 1 aliphatic heterocycles. The zero-order valence-corrected chi connectivity index (χ0v) is 16.1. The molecule has 2 N–H and O–H groups in total. The van der Waals surface area contributed by atoms with Crippen LogP contribution in [0.3, 0.4) is 0 Å². The molecule has 0 bridgehead atoms. The highest BCUT2D eigenvalue weighted by Crippen LogP contribution is 2.38. The molecule has 3 aromatic rings. The second-order valence-corrected chi connectivity index (χ2v) is 7.78. The fourth-order valence-electron chi connectivity index (χ4n) is 2.70. The average molecular weight is 415 g/mol. The van der Waals surface area contributed by atoms with Gasteiger partial charge in [-0.25, -0.2) is 0 Å². The van der Waals surface area contributed by atoms with Crippen molar-refractivity contribution in [2.45, 2.75) is 23.1 Å². The fraction of sp³-hybridized carbons (Fsp3) is 0.158. The number of hydrogen-bond acceptors (Lipinski definition) is 6.